The van der Waals surface area contributed by atoms with E-state index in [4.69, 9.17) is 16.2 Å². The topological polar surface area (TPSA) is 220 Å². The lowest BCUT2D eigenvalue weighted by Gasteiger charge is -2.22. The number of benzene rings is 1. The molecule has 2 atom stereocenters. The predicted octanol–water partition coefficient (Wildman–Crippen LogP) is 0.887. The molecule has 1 aliphatic heterocycles. The van der Waals surface area contributed by atoms with Gasteiger partial charge >= 0.3 is 12.0 Å². The first-order chi connectivity index (χ1) is 20.6. The smallest absolute Gasteiger partial charge is 0.312 e. The number of urea groups is 1. The lowest BCUT2D eigenvalue weighted by Crippen LogP contribution is -2.45. The van der Waals surface area contributed by atoms with Crippen LogP contribution in [0.25, 0.3) is 0 Å². The molecule has 0 bridgehead atoms. The predicted molar refractivity (Wildman–Crippen MR) is 160 cm³/mol. The van der Waals surface area contributed by atoms with Crippen LogP contribution in [-0.2, 0) is 40.1 Å². The lowest BCUT2D eigenvalue weighted by molar-refractivity contribution is -0.154. The second-order valence-electron chi connectivity index (χ2n) is 11.6. The molecule has 14 nitrogen and oxygen atoms in total. The number of ether oxygens (including phenoxy) is 1. The first-order valence-corrected chi connectivity index (χ1v) is 14.3. The number of ketones is 1. The monoisotopic (exact) mass is 614 g/mol. The van der Waals surface area contributed by atoms with Crippen molar-refractivity contribution in [1.82, 2.24) is 15.5 Å². The van der Waals surface area contributed by atoms with Gasteiger partial charge in [0.15, 0.2) is 5.78 Å². The average molecular weight is 615 g/mol. The second kappa shape index (κ2) is 16.8. The van der Waals surface area contributed by atoms with Gasteiger partial charge in [-0.2, -0.15) is 0 Å². The molecule has 0 aromatic heterocycles. The SMILES string of the molecule is CC(C)(C)C(=O)OCc1ccc(NC[C@H](CCCNC(N)=O)CC(=O)[C@H](CC(N)=O)NC(=O)CCN2C(=O)C=CC2=O)cc1. The average Bonchev–Trinajstić information content (AvgIpc) is 3.26. The number of anilines is 1. The van der Waals surface area contributed by atoms with Crippen molar-refractivity contribution in [2.45, 2.75) is 65.5 Å². The Hall–Kier alpha value is -4.75. The molecule has 7 N–H and O–H groups in total. The summed E-state index contributed by atoms with van der Waals surface area (Å²) in [6.07, 6.45) is 2.53. The van der Waals surface area contributed by atoms with Crippen LogP contribution in [0.3, 0.4) is 0 Å². The number of carbonyl (C=O) groups excluding carboxylic acids is 7. The number of esters is 1. The zero-order valence-corrected chi connectivity index (χ0v) is 25.4. The van der Waals surface area contributed by atoms with Crippen LogP contribution in [0.2, 0.25) is 0 Å². The van der Waals surface area contributed by atoms with Crippen LogP contribution >= 0.6 is 0 Å². The van der Waals surface area contributed by atoms with Crippen LogP contribution in [0.1, 0.15) is 58.4 Å². The first-order valence-electron chi connectivity index (χ1n) is 14.3. The standard InChI is InChI=1S/C30H42N6O8/c1-30(2,3)28(42)44-18-19-6-8-21(9-7-19)34-17-20(5-4-13-33-29(32)43)15-23(37)22(16-24(31)38)35-25(39)12-14-36-26(40)10-11-27(36)41/h6-11,20,22,34H,4-5,12-18H2,1-3H3,(H2,31,38)(H,35,39)(H3,32,33,43)/t20-,22+/m1/s1. The molecule has 0 aliphatic carbocycles. The van der Waals surface area contributed by atoms with Crippen molar-refractivity contribution in [3.8, 4) is 0 Å². The van der Waals surface area contributed by atoms with E-state index in [0.29, 0.717) is 25.9 Å². The third-order valence-corrected chi connectivity index (χ3v) is 6.70. The number of primary amides is 2. The molecule has 14 heteroatoms. The Balaban J connectivity index is 2.00. The number of nitrogens with one attached hydrogen (secondary N) is 3. The highest BCUT2D eigenvalue weighted by atomic mass is 16.5. The van der Waals surface area contributed by atoms with Crippen LogP contribution < -0.4 is 27.4 Å². The van der Waals surface area contributed by atoms with E-state index in [1.807, 2.05) is 24.3 Å². The zero-order valence-electron chi connectivity index (χ0n) is 25.4. The lowest BCUT2D eigenvalue weighted by atomic mass is 9.92. The first kappa shape index (κ1) is 35.4. The van der Waals surface area contributed by atoms with Gasteiger partial charge in [-0.1, -0.05) is 12.1 Å². The van der Waals surface area contributed by atoms with Crippen LogP contribution in [0, 0.1) is 11.3 Å². The van der Waals surface area contributed by atoms with Crippen molar-refractivity contribution in [3.63, 3.8) is 0 Å². The van der Waals surface area contributed by atoms with Gasteiger partial charge in [0, 0.05) is 50.3 Å². The summed E-state index contributed by atoms with van der Waals surface area (Å²) in [6.45, 7) is 5.93. The maximum absolute atomic E-state index is 13.3. The fourth-order valence-electron chi connectivity index (χ4n) is 4.23. The van der Waals surface area contributed by atoms with E-state index in [2.05, 4.69) is 16.0 Å². The Morgan fingerprint density at radius 3 is 2.16 bits per heavy atom. The molecule has 0 saturated heterocycles. The number of nitrogens with zero attached hydrogens (tertiary/aromatic N) is 1. The Morgan fingerprint density at radius 2 is 1.59 bits per heavy atom. The van der Waals surface area contributed by atoms with Crippen LogP contribution in [0.15, 0.2) is 36.4 Å². The van der Waals surface area contributed by atoms with E-state index in [-0.39, 0.29) is 37.9 Å². The summed E-state index contributed by atoms with van der Waals surface area (Å²) in [4.78, 5) is 85.0. The summed E-state index contributed by atoms with van der Waals surface area (Å²) < 4.78 is 5.34. The van der Waals surface area contributed by atoms with E-state index in [0.717, 1.165) is 28.3 Å². The molecule has 1 aromatic carbocycles. The minimum Gasteiger partial charge on any atom is -0.460 e. The Kier molecular flexibility index (Phi) is 13.5. The largest absolute Gasteiger partial charge is 0.460 e. The Morgan fingerprint density at radius 1 is 0.955 bits per heavy atom. The summed E-state index contributed by atoms with van der Waals surface area (Å²) in [5, 5.41) is 8.28. The van der Waals surface area contributed by atoms with Gasteiger partial charge in [0.25, 0.3) is 11.8 Å². The highest BCUT2D eigenvalue weighted by Gasteiger charge is 2.28. The second-order valence-corrected chi connectivity index (χ2v) is 11.6. The maximum atomic E-state index is 13.3. The van der Waals surface area contributed by atoms with E-state index in [1.165, 1.54) is 0 Å². The Bertz CT molecular complexity index is 1240. The van der Waals surface area contributed by atoms with Gasteiger partial charge in [0.1, 0.15) is 6.61 Å². The summed E-state index contributed by atoms with van der Waals surface area (Å²) in [6, 6.07) is 5.40. The normalized spacial score (nSPS) is 14.1. The summed E-state index contributed by atoms with van der Waals surface area (Å²) >= 11 is 0. The summed E-state index contributed by atoms with van der Waals surface area (Å²) in [7, 11) is 0. The van der Waals surface area contributed by atoms with Crippen molar-refractivity contribution in [2.24, 2.45) is 22.8 Å². The summed E-state index contributed by atoms with van der Waals surface area (Å²) in [5.41, 5.74) is 11.4. The fourth-order valence-corrected chi connectivity index (χ4v) is 4.23. The molecule has 0 saturated carbocycles. The van der Waals surface area contributed by atoms with Crippen molar-refractivity contribution in [1.29, 1.82) is 0 Å². The van der Waals surface area contributed by atoms with Gasteiger partial charge in [-0.3, -0.25) is 33.7 Å². The van der Waals surface area contributed by atoms with Gasteiger partial charge in [-0.25, -0.2) is 4.79 Å². The van der Waals surface area contributed by atoms with Gasteiger partial charge in [0.05, 0.1) is 17.9 Å². The summed E-state index contributed by atoms with van der Waals surface area (Å²) in [5.74, 6) is -3.46. The number of rotatable bonds is 18. The highest BCUT2D eigenvalue weighted by molar-refractivity contribution is 6.13. The molecule has 44 heavy (non-hydrogen) atoms. The van der Waals surface area contributed by atoms with Gasteiger partial charge in [-0.05, 0) is 57.2 Å². The molecular weight excluding hydrogens is 572 g/mol. The number of hydrogen-bond donors (Lipinski definition) is 5. The molecule has 1 heterocycles. The van der Waals surface area contributed by atoms with Crippen LogP contribution in [0.5, 0.6) is 0 Å². The van der Waals surface area contributed by atoms with E-state index >= 15 is 0 Å². The molecule has 0 spiro atoms. The molecule has 2 rings (SSSR count). The number of carbonyl (C=O) groups is 7. The number of nitrogens with two attached hydrogens (primary N) is 2. The molecule has 240 valence electrons. The molecular formula is C30H42N6O8. The van der Waals surface area contributed by atoms with Gasteiger partial charge < -0.3 is 32.2 Å². The quantitative estimate of drug-likeness (QED) is 0.0899. The minimum absolute atomic E-state index is 0.0182. The van der Waals surface area contributed by atoms with Crippen LogP contribution in [-0.4, -0.2) is 72.0 Å². The zero-order chi connectivity index (χ0) is 32.9. The Labute approximate surface area is 256 Å². The van der Waals surface area contributed by atoms with Crippen molar-refractivity contribution < 1.29 is 38.3 Å². The molecule has 1 aliphatic rings. The van der Waals surface area contributed by atoms with E-state index in [9.17, 15) is 33.6 Å². The maximum Gasteiger partial charge on any atom is 0.312 e. The van der Waals surface area contributed by atoms with Gasteiger partial charge in [0.2, 0.25) is 11.8 Å². The molecule has 0 fully saturated rings. The van der Waals surface area contributed by atoms with E-state index < -0.39 is 53.3 Å². The number of Topliss-reactive ketones (excluding diaryl/α,β-unsaturated/α-hetero) is 1. The fraction of sp³-hybridized carbons (Fsp3) is 0.500. The highest BCUT2D eigenvalue weighted by Crippen LogP contribution is 2.19. The molecule has 1 aromatic rings. The van der Waals surface area contributed by atoms with Gasteiger partial charge in [-0.15, -0.1) is 0 Å². The number of hydrogen-bond acceptors (Lipinski definition) is 9. The molecule has 6 amide bonds. The van der Waals surface area contributed by atoms with Crippen molar-refractivity contribution in [2.75, 3.05) is 25.0 Å². The van der Waals surface area contributed by atoms with E-state index in [1.54, 1.807) is 20.8 Å². The third kappa shape index (κ3) is 12.6. The third-order valence-electron chi connectivity index (χ3n) is 6.70. The minimum atomic E-state index is -1.19. The van der Waals surface area contributed by atoms with Crippen molar-refractivity contribution in [3.05, 3.63) is 42.0 Å². The number of imide groups is 1. The number of amides is 6. The van der Waals surface area contributed by atoms with Crippen LogP contribution in [0.4, 0.5) is 10.5 Å². The molecule has 0 unspecified atom stereocenters. The van der Waals surface area contributed by atoms with Crippen molar-refractivity contribution >= 4 is 47.1 Å². The molecule has 0 radical (unpaired) electrons.